The van der Waals surface area contributed by atoms with Crippen molar-refractivity contribution in [1.29, 1.82) is 0 Å². The van der Waals surface area contributed by atoms with Crippen LogP contribution in [0.5, 0.6) is 0 Å². The Morgan fingerprint density at radius 1 is 1.09 bits per heavy atom. The van der Waals surface area contributed by atoms with Gasteiger partial charge in [-0.1, -0.05) is 38.1 Å². The fourth-order valence-corrected chi connectivity index (χ4v) is 4.29. The van der Waals surface area contributed by atoms with Crippen LogP contribution in [0.3, 0.4) is 0 Å². The number of amides is 2. The number of aryl methyl sites for hydroxylation is 1. The van der Waals surface area contributed by atoms with Crippen LogP contribution in [0.25, 0.3) is 11.1 Å². The van der Waals surface area contributed by atoms with Gasteiger partial charge >= 0.3 is 13.7 Å². The van der Waals surface area contributed by atoms with Gasteiger partial charge in [0.1, 0.15) is 12.8 Å². The third-order valence-corrected chi connectivity index (χ3v) is 6.19. The van der Waals surface area contributed by atoms with Crippen molar-refractivity contribution < 1.29 is 33.5 Å². The summed E-state index contributed by atoms with van der Waals surface area (Å²) >= 11 is 0. The van der Waals surface area contributed by atoms with Crippen molar-refractivity contribution in [2.24, 2.45) is 13.0 Å². The lowest BCUT2D eigenvalue weighted by molar-refractivity contribution is -0.142. The second-order valence-electron chi connectivity index (χ2n) is 8.70. The molecule has 0 aliphatic rings. The van der Waals surface area contributed by atoms with Gasteiger partial charge in [0, 0.05) is 32.8 Å². The van der Waals surface area contributed by atoms with Crippen LogP contribution >= 0.6 is 7.75 Å². The smallest absolute Gasteiger partial charge is 0.405 e. The molecular weight excluding hydrogens is 475 g/mol. The minimum Gasteiger partial charge on any atom is -0.480 e. The van der Waals surface area contributed by atoms with E-state index in [-0.39, 0.29) is 18.8 Å². The molecule has 1 aromatic carbocycles. The van der Waals surface area contributed by atoms with Crippen LogP contribution < -0.4 is 15.7 Å². The number of carbonyl (C=O) groups excluding carboxylic acids is 2. The van der Waals surface area contributed by atoms with Crippen LogP contribution in [0.1, 0.15) is 32.8 Å². The van der Waals surface area contributed by atoms with Crippen LogP contribution in [0, 0.1) is 5.92 Å². The Labute approximate surface area is 204 Å². The molecule has 0 aliphatic carbocycles. The van der Waals surface area contributed by atoms with Crippen molar-refractivity contribution in [3.05, 3.63) is 48.3 Å². The molecule has 0 spiro atoms. The first kappa shape index (κ1) is 28.3. The number of hydrogen-bond acceptors (Lipinski definition) is 5. The number of nitrogens with one attached hydrogen (secondary N) is 3. The highest BCUT2D eigenvalue weighted by Gasteiger charge is 2.32. The fourth-order valence-electron chi connectivity index (χ4n) is 3.36. The second-order valence-corrected chi connectivity index (χ2v) is 10.3. The number of nitrogens with zero attached hydrogens (tertiary/aromatic N) is 1. The van der Waals surface area contributed by atoms with Crippen LogP contribution in [-0.2, 0) is 36.9 Å². The number of rotatable bonds is 13. The van der Waals surface area contributed by atoms with Gasteiger partial charge in [0.15, 0.2) is 0 Å². The second kappa shape index (κ2) is 12.6. The molecule has 0 radical (unpaired) electrons. The van der Waals surface area contributed by atoms with Gasteiger partial charge in [0.25, 0.3) is 0 Å². The Kier molecular flexibility index (Phi) is 10.2. The summed E-state index contributed by atoms with van der Waals surface area (Å²) in [6.07, 6.45) is 4.08. The Bertz CT molecular complexity index is 1070. The van der Waals surface area contributed by atoms with Gasteiger partial charge < -0.3 is 25.2 Å². The van der Waals surface area contributed by atoms with Gasteiger partial charge in [-0.25, -0.2) is 14.4 Å². The lowest BCUT2D eigenvalue weighted by atomic mass is 10.0. The van der Waals surface area contributed by atoms with E-state index in [1.54, 1.807) is 12.1 Å². The van der Waals surface area contributed by atoms with E-state index >= 15 is 0 Å². The SMILES string of the molecule is CC(=O)NCOP(=O)(O)N[C@@H](CC(C)C)C(=O)N[C@@H](Cc1ccc(-c2ccn(C)c2)cc1)C(=O)O. The van der Waals surface area contributed by atoms with Crippen molar-refractivity contribution >= 4 is 25.5 Å². The number of aromatic nitrogens is 1. The van der Waals surface area contributed by atoms with Crippen LogP contribution in [-0.4, -0.2) is 51.2 Å². The molecule has 12 heteroatoms. The van der Waals surface area contributed by atoms with Crippen molar-refractivity contribution in [2.45, 2.75) is 45.7 Å². The van der Waals surface area contributed by atoms with Gasteiger partial charge in [-0.05, 0) is 35.1 Å². The Morgan fingerprint density at radius 2 is 1.74 bits per heavy atom. The van der Waals surface area contributed by atoms with Crippen LogP contribution in [0.15, 0.2) is 42.7 Å². The first-order valence-electron chi connectivity index (χ1n) is 11.1. The zero-order chi connectivity index (χ0) is 26.2. The predicted molar refractivity (Wildman–Crippen MR) is 130 cm³/mol. The number of carboxylic acid groups (broad SMARTS) is 1. The summed E-state index contributed by atoms with van der Waals surface area (Å²) in [5.41, 5.74) is 2.71. The Hall–Kier alpha value is -2.98. The molecule has 1 heterocycles. The van der Waals surface area contributed by atoms with Crippen molar-refractivity contribution in [3.8, 4) is 11.1 Å². The van der Waals surface area contributed by atoms with E-state index in [0.29, 0.717) is 5.56 Å². The average molecular weight is 509 g/mol. The van der Waals surface area contributed by atoms with Crippen LogP contribution in [0.2, 0.25) is 0 Å². The zero-order valence-corrected chi connectivity index (χ0v) is 21.1. The number of aliphatic carboxylic acids is 1. The number of benzene rings is 1. The maximum atomic E-state index is 12.9. The summed E-state index contributed by atoms with van der Waals surface area (Å²) in [7, 11) is -2.54. The molecule has 0 fully saturated rings. The average Bonchev–Trinajstić information content (AvgIpc) is 3.18. The molecule has 2 rings (SSSR count). The molecule has 0 aliphatic heterocycles. The van der Waals surface area contributed by atoms with E-state index in [9.17, 15) is 28.9 Å². The van der Waals surface area contributed by atoms with Gasteiger partial charge in [0.05, 0.1) is 6.04 Å². The monoisotopic (exact) mass is 508 g/mol. The molecule has 3 atom stereocenters. The highest BCUT2D eigenvalue weighted by molar-refractivity contribution is 7.50. The Balaban J connectivity index is 2.08. The molecule has 5 N–H and O–H groups in total. The summed E-state index contributed by atoms with van der Waals surface area (Å²) in [6.45, 7) is 4.31. The van der Waals surface area contributed by atoms with Gasteiger partial charge in [-0.3, -0.25) is 14.1 Å². The van der Waals surface area contributed by atoms with E-state index < -0.39 is 44.3 Å². The number of carbonyl (C=O) groups is 3. The largest absolute Gasteiger partial charge is 0.480 e. The lowest BCUT2D eigenvalue weighted by Crippen LogP contribution is -2.50. The molecule has 2 amide bonds. The highest BCUT2D eigenvalue weighted by atomic mass is 31.2. The van der Waals surface area contributed by atoms with Gasteiger partial charge in [-0.2, -0.15) is 0 Å². The number of hydrogen-bond donors (Lipinski definition) is 5. The maximum Gasteiger partial charge on any atom is 0.405 e. The fraction of sp³-hybridized carbons (Fsp3) is 0.435. The van der Waals surface area contributed by atoms with Crippen molar-refractivity contribution in [1.82, 2.24) is 20.3 Å². The molecule has 11 nitrogen and oxygen atoms in total. The summed E-state index contributed by atoms with van der Waals surface area (Å²) in [6, 6.07) is 6.88. The molecule has 0 saturated heterocycles. The summed E-state index contributed by atoms with van der Waals surface area (Å²) in [4.78, 5) is 45.7. The van der Waals surface area contributed by atoms with E-state index in [4.69, 9.17) is 4.52 Å². The minimum atomic E-state index is -4.46. The minimum absolute atomic E-state index is 0.0281. The molecule has 35 heavy (non-hydrogen) atoms. The van der Waals surface area contributed by atoms with E-state index in [1.807, 2.05) is 56.1 Å². The molecule has 192 valence electrons. The topological polar surface area (TPSA) is 159 Å². The predicted octanol–water partition coefficient (Wildman–Crippen LogP) is 2.02. The Morgan fingerprint density at radius 3 is 2.26 bits per heavy atom. The first-order chi connectivity index (χ1) is 16.4. The summed E-state index contributed by atoms with van der Waals surface area (Å²) in [5.74, 6) is -2.49. The zero-order valence-electron chi connectivity index (χ0n) is 20.2. The number of carboxylic acids is 1. The van der Waals surface area contributed by atoms with E-state index in [0.717, 1.165) is 11.1 Å². The molecule has 0 saturated carbocycles. The molecule has 2 aromatic rings. The van der Waals surface area contributed by atoms with E-state index in [1.165, 1.54) is 6.92 Å². The van der Waals surface area contributed by atoms with Crippen molar-refractivity contribution in [3.63, 3.8) is 0 Å². The first-order valence-corrected chi connectivity index (χ1v) is 12.7. The van der Waals surface area contributed by atoms with E-state index in [2.05, 4.69) is 15.7 Å². The van der Waals surface area contributed by atoms with Gasteiger partial charge in [0.2, 0.25) is 11.8 Å². The molecule has 1 aromatic heterocycles. The molecule has 0 bridgehead atoms. The lowest BCUT2D eigenvalue weighted by Gasteiger charge is -2.24. The standard InChI is InChI=1S/C23H33N4O7P/c1-15(2)11-20(26-35(32,33)34-14-24-16(3)28)22(29)25-21(23(30)31)12-17-5-7-18(8-6-17)19-9-10-27(4)13-19/h5-10,13,15,20-21H,11-12,14H2,1-4H3,(H,24,28)(H,25,29)(H,30,31)(H2,26,32,33)/t20-,21-/m0/s1. The van der Waals surface area contributed by atoms with Crippen molar-refractivity contribution in [2.75, 3.05) is 6.73 Å². The van der Waals surface area contributed by atoms with Crippen LogP contribution in [0.4, 0.5) is 0 Å². The quantitative estimate of drug-likeness (QED) is 0.203. The third-order valence-electron chi connectivity index (χ3n) is 5.08. The molecule has 1 unspecified atom stereocenters. The van der Waals surface area contributed by atoms with Gasteiger partial charge in [-0.15, -0.1) is 0 Å². The highest BCUT2D eigenvalue weighted by Crippen LogP contribution is 2.37. The third kappa shape index (κ3) is 9.65. The normalized spacial score (nSPS) is 14.7. The summed E-state index contributed by atoms with van der Waals surface area (Å²) < 4.78 is 19.0. The summed E-state index contributed by atoms with van der Waals surface area (Å²) in [5, 5.41) is 16.6. The maximum absolute atomic E-state index is 12.9. The molecular formula is C23H33N4O7P.